The van der Waals surface area contributed by atoms with Gasteiger partial charge in [-0.1, -0.05) is 29.8 Å². The van der Waals surface area contributed by atoms with Crippen LogP contribution in [0, 0.1) is 0 Å². The zero-order valence-corrected chi connectivity index (χ0v) is 14.8. The molecule has 1 amide bonds. The predicted octanol–water partition coefficient (Wildman–Crippen LogP) is 3.73. The van der Waals surface area contributed by atoms with Crippen LogP contribution in [0.5, 0.6) is 0 Å². The molecule has 4 rings (SSSR count). The van der Waals surface area contributed by atoms with Gasteiger partial charge >= 0.3 is 0 Å². The van der Waals surface area contributed by atoms with Gasteiger partial charge in [0.25, 0.3) is 0 Å². The second-order valence-corrected chi connectivity index (χ2v) is 6.43. The first-order valence-electron chi connectivity index (χ1n) is 8.09. The Hall–Kier alpha value is -3.12. The lowest BCUT2D eigenvalue weighted by molar-refractivity contribution is -0.116. The molecule has 2 aromatic carbocycles. The summed E-state index contributed by atoms with van der Waals surface area (Å²) in [5.74, 6) is 0.295. The fourth-order valence-electron chi connectivity index (χ4n) is 2.90. The molecule has 0 bridgehead atoms. The maximum atomic E-state index is 12.2. The quantitative estimate of drug-likeness (QED) is 0.599. The fraction of sp³-hybridized carbons (Fsp3) is 0.105. The number of nitrogens with one attached hydrogen (secondary N) is 1. The lowest BCUT2D eigenvalue weighted by Gasteiger charge is -2.07. The number of nitrogens with zero attached hydrogens (tertiary/aromatic N) is 4. The van der Waals surface area contributed by atoms with E-state index < -0.39 is 0 Å². The van der Waals surface area contributed by atoms with Crippen molar-refractivity contribution in [1.29, 1.82) is 0 Å². The third-order valence-electron chi connectivity index (χ3n) is 4.13. The van der Waals surface area contributed by atoms with Crippen molar-refractivity contribution in [3.63, 3.8) is 0 Å². The average Bonchev–Trinajstić information content (AvgIpc) is 3.21. The molecule has 0 saturated carbocycles. The van der Waals surface area contributed by atoms with Crippen LogP contribution in [0.4, 0.5) is 5.82 Å². The van der Waals surface area contributed by atoms with Crippen LogP contribution in [0.2, 0.25) is 5.02 Å². The highest BCUT2D eigenvalue weighted by Crippen LogP contribution is 2.26. The number of hydrogen-bond donors (Lipinski definition) is 1. The fourth-order valence-corrected chi connectivity index (χ4v) is 3.03. The highest BCUT2D eigenvalue weighted by molar-refractivity contribution is 6.30. The van der Waals surface area contributed by atoms with Gasteiger partial charge in [-0.15, -0.1) is 5.10 Å². The molecule has 26 heavy (non-hydrogen) atoms. The second kappa shape index (κ2) is 6.65. The van der Waals surface area contributed by atoms with Crippen molar-refractivity contribution in [2.24, 2.45) is 7.05 Å². The summed E-state index contributed by atoms with van der Waals surface area (Å²) in [5, 5.41) is 12.5. The molecule has 6 nitrogen and oxygen atoms in total. The normalized spacial score (nSPS) is 11.0. The van der Waals surface area contributed by atoms with Gasteiger partial charge in [-0.2, -0.15) is 9.90 Å². The van der Waals surface area contributed by atoms with Gasteiger partial charge in [-0.05, 0) is 41.5 Å². The Balaban J connectivity index is 1.55. The third-order valence-corrected chi connectivity index (χ3v) is 4.38. The number of hydrogen-bond acceptors (Lipinski definition) is 3. The minimum Gasteiger partial charge on any atom is -0.338 e. The maximum Gasteiger partial charge on any atom is 0.245 e. The molecule has 4 aromatic rings. The first kappa shape index (κ1) is 16.4. The molecule has 0 aliphatic heterocycles. The van der Waals surface area contributed by atoms with E-state index in [9.17, 15) is 4.79 Å². The molecule has 0 fully saturated rings. The molecule has 7 heteroatoms. The largest absolute Gasteiger partial charge is 0.338 e. The van der Waals surface area contributed by atoms with E-state index in [1.807, 2.05) is 53.2 Å². The summed E-state index contributed by atoms with van der Waals surface area (Å²) >= 11 is 5.95. The molecule has 0 aliphatic carbocycles. The van der Waals surface area contributed by atoms with E-state index in [1.54, 1.807) is 7.05 Å². The van der Waals surface area contributed by atoms with Crippen LogP contribution in [0.25, 0.3) is 22.0 Å². The number of aromatic nitrogens is 4. The summed E-state index contributed by atoms with van der Waals surface area (Å²) in [6, 6.07) is 15.9. The number of rotatable bonds is 4. The third kappa shape index (κ3) is 3.32. The summed E-state index contributed by atoms with van der Waals surface area (Å²) < 4.78 is 1.91. The van der Waals surface area contributed by atoms with Gasteiger partial charge in [-0.3, -0.25) is 4.79 Å². The molecule has 1 N–H and O–H groups in total. The number of carbonyl (C=O) groups is 1. The zero-order valence-electron chi connectivity index (χ0n) is 14.1. The molecule has 0 radical (unpaired) electrons. The summed E-state index contributed by atoms with van der Waals surface area (Å²) in [7, 11) is 1.70. The Kier molecular flexibility index (Phi) is 4.18. The SMILES string of the molecule is Cn1ncc(NC(=O)Cn2ccc3cc(-c4ccc(Cl)cc4)ccc32)n1. The van der Waals surface area contributed by atoms with Crippen LogP contribution in [-0.2, 0) is 18.4 Å². The topological polar surface area (TPSA) is 64.7 Å². The number of anilines is 1. The van der Waals surface area contributed by atoms with E-state index >= 15 is 0 Å². The van der Waals surface area contributed by atoms with Crippen LogP contribution in [0.3, 0.4) is 0 Å². The Labute approximate surface area is 155 Å². The highest BCUT2D eigenvalue weighted by Gasteiger charge is 2.09. The maximum absolute atomic E-state index is 12.2. The predicted molar refractivity (Wildman–Crippen MR) is 102 cm³/mol. The van der Waals surface area contributed by atoms with Gasteiger partial charge in [0.2, 0.25) is 5.91 Å². The van der Waals surface area contributed by atoms with E-state index in [0.717, 1.165) is 27.1 Å². The van der Waals surface area contributed by atoms with Crippen molar-refractivity contribution < 1.29 is 4.79 Å². The van der Waals surface area contributed by atoms with Crippen molar-refractivity contribution in [2.75, 3.05) is 5.32 Å². The number of halogens is 1. The average molecular weight is 366 g/mol. The van der Waals surface area contributed by atoms with Crippen molar-refractivity contribution in [1.82, 2.24) is 19.6 Å². The molecule has 0 unspecified atom stereocenters. The summed E-state index contributed by atoms with van der Waals surface area (Å²) in [4.78, 5) is 13.6. The number of fused-ring (bicyclic) bond motifs is 1. The number of benzene rings is 2. The lowest BCUT2D eigenvalue weighted by atomic mass is 10.0. The molecule has 0 atom stereocenters. The van der Waals surface area contributed by atoms with Crippen molar-refractivity contribution >= 4 is 34.2 Å². The molecule has 130 valence electrons. The first-order chi connectivity index (χ1) is 12.6. The van der Waals surface area contributed by atoms with Crippen LogP contribution in [-0.4, -0.2) is 25.5 Å². The molecule has 0 spiro atoms. The van der Waals surface area contributed by atoms with Crippen LogP contribution in [0.1, 0.15) is 0 Å². The Morgan fingerprint density at radius 3 is 2.62 bits per heavy atom. The van der Waals surface area contributed by atoms with Gasteiger partial charge in [0, 0.05) is 29.2 Å². The monoisotopic (exact) mass is 365 g/mol. The minimum atomic E-state index is -0.148. The van der Waals surface area contributed by atoms with Crippen LogP contribution >= 0.6 is 11.6 Å². The standard InChI is InChI=1S/C19H16ClN5O/c1-24-21-11-18(23-24)22-19(26)12-25-9-8-15-10-14(4-7-17(15)25)13-2-5-16(20)6-3-13/h2-11H,12H2,1H3,(H,22,23,26). The Morgan fingerprint density at radius 1 is 1.12 bits per heavy atom. The van der Waals surface area contributed by atoms with E-state index in [4.69, 9.17) is 11.6 Å². The van der Waals surface area contributed by atoms with Gasteiger partial charge in [0.15, 0.2) is 5.82 Å². The molecule has 2 aromatic heterocycles. The van der Waals surface area contributed by atoms with Gasteiger partial charge in [0.05, 0.1) is 6.20 Å². The molecule has 2 heterocycles. The van der Waals surface area contributed by atoms with Crippen LogP contribution < -0.4 is 5.32 Å². The second-order valence-electron chi connectivity index (χ2n) is 5.99. The molecular formula is C19H16ClN5O. The van der Waals surface area contributed by atoms with Crippen LogP contribution in [0.15, 0.2) is 60.9 Å². The molecular weight excluding hydrogens is 350 g/mol. The lowest BCUT2D eigenvalue weighted by Crippen LogP contribution is -2.18. The number of carbonyl (C=O) groups excluding carboxylic acids is 1. The van der Waals surface area contributed by atoms with Crippen molar-refractivity contribution in [3.05, 3.63) is 65.9 Å². The van der Waals surface area contributed by atoms with Gasteiger partial charge in [-0.25, -0.2) is 0 Å². The smallest absolute Gasteiger partial charge is 0.245 e. The highest BCUT2D eigenvalue weighted by atomic mass is 35.5. The van der Waals surface area contributed by atoms with Gasteiger partial charge < -0.3 is 9.88 Å². The summed E-state index contributed by atoms with van der Waals surface area (Å²) in [6.45, 7) is 0.209. The van der Waals surface area contributed by atoms with E-state index in [1.165, 1.54) is 11.0 Å². The van der Waals surface area contributed by atoms with Gasteiger partial charge in [0.1, 0.15) is 6.54 Å². The first-order valence-corrected chi connectivity index (χ1v) is 8.47. The zero-order chi connectivity index (χ0) is 18.1. The minimum absolute atomic E-state index is 0.148. The van der Waals surface area contributed by atoms with E-state index in [-0.39, 0.29) is 12.5 Å². The van der Waals surface area contributed by atoms with E-state index in [0.29, 0.717) is 5.82 Å². The summed E-state index contributed by atoms with van der Waals surface area (Å²) in [6.07, 6.45) is 3.43. The summed E-state index contributed by atoms with van der Waals surface area (Å²) in [5.41, 5.74) is 3.21. The Morgan fingerprint density at radius 2 is 1.88 bits per heavy atom. The molecule has 0 saturated heterocycles. The number of aryl methyl sites for hydroxylation is 1. The number of amides is 1. The van der Waals surface area contributed by atoms with E-state index in [2.05, 4.69) is 21.6 Å². The Bertz CT molecular complexity index is 1080. The molecule has 0 aliphatic rings. The van der Waals surface area contributed by atoms with Crippen molar-refractivity contribution in [2.45, 2.75) is 6.54 Å². The van der Waals surface area contributed by atoms with Crippen molar-refractivity contribution in [3.8, 4) is 11.1 Å².